The minimum Gasteiger partial charge on any atom is -0.467 e. The molecule has 1 heterocycles. The van der Waals surface area contributed by atoms with Crippen LogP contribution in [0, 0.1) is 6.92 Å². The second-order valence-electron chi connectivity index (χ2n) is 5.91. The van der Waals surface area contributed by atoms with Gasteiger partial charge in [-0.05, 0) is 43.1 Å². The third kappa shape index (κ3) is 6.18. The fraction of sp³-hybridized carbons (Fsp3) is 0.474. The van der Waals surface area contributed by atoms with E-state index >= 15 is 0 Å². The summed E-state index contributed by atoms with van der Waals surface area (Å²) < 4.78 is 10.7. The first kappa shape index (κ1) is 17.7. The minimum atomic E-state index is -0.500. The Kier molecular flexibility index (Phi) is 7.33. The summed E-state index contributed by atoms with van der Waals surface area (Å²) in [6.07, 6.45) is 2.19. The molecule has 0 fully saturated rings. The molecule has 0 saturated heterocycles. The predicted molar refractivity (Wildman–Crippen MR) is 91.1 cm³/mol. The molecule has 4 nitrogen and oxygen atoms in total. The van der Waals surface area contributed by atoms with E-state index in [0.717, 1.165) is 25.3 Å². The summed E-state index contributed by atoms with van der Waals surface area (Å²) in [5, 5.41) is 10.2. The zero-order chi connectivity index (χ0) is 16.5. The lowest BCUT2D eigenvalue weighted by Gasteiger charge is -2.25. The molecule has 0 unspecified atom stereocenters. The van der Waals surface area contributed by atoms with Crippen molar-refractivity contribution >= 4 is 0 Å². The van der Waals surface area contributed by atoms with Gasteiger partial charge in [0.25, 0.3) is 0 Å². The van der Waals surface area contributed by atoms with Gasteiger partial charge in [0, 0.05) is 13.1 Å². The molecule has 0 saturated carbocycles. The van der Waals surface area contributed by atoms with Crippen LogP contribution in [0.1, 0.15) is 30.2 Å². The van der Waals surface area contributed by atoms with Gasteiger partial charge < -0.3 is 14.3 Å². The van der Waals surface area contributed by atoms with Gasteiger partial charge in [-0.15, -0.1) is 0 Å². The monoisotopic (exact) mass is 317 g/mol. The van der Waals surface area contributed by atoms with Crippen LogP contribution in [0.3, 0.4) is 0 Å². The smallest absolute Gasteiger partial charge is 0.129 e. The van der Waals surface area contributed by atoms with E-state index in [2.05, 4.69) is 43.0 Å². The van der Waals surface area contributed by atoms with Gasteiger partial charge in [0.2, 0.25) is 0 Å². The first-order chi connectivity index (χ1) is 11.2. The second-order valence-corrected chi connectivity index (χ2v) is 5.91. The zero-order valence-electron chi connectivity index (χ0n) is 14.1. The SMILES string of the molecule is CCCN(Cc1ccccc1C)C[C@@H](O)COCc1ccco1. The van der Waals surface area contributed by atoms with Gasteiger partial charge in [0.05, 0.1) is 19.0 Å². The van der Waals surface area contributed by atoms with Gasteiger partial charge >= 0.3 is 0 Å². The molecule has 0 radical (unpaired) electrons. The largest absolute Gasteiger partial charge is 0.467 e. The maximum absolute atomic E-state index is 10.2. The number of aryl methyl sites for hydroxylation is 1. The highest BCUT2D eigenvalue weighted by molar-refractivity contribution is 5.25. The van der Waals surface area contributed by atoms with Crippen molar-refractivity contribution in [2.45, 2.75) is 39.5 Å². The summed E-state index contributed by atoms with van der Waals surface area (Å²) in [7, 11) is 0. The highest BCUT2D eigenvalue weighted by atomic mass is 16.5. The van der Waals surface area contributed by atoms with Crippen LogP contribution in [-0.4, -0.2) is 35.8 Å². The molecule has 1 aromatic carbocycles. The Bertz CT molecular complexity index is 554. The fourth-order valence-electron chi connectivity index (χ4n) is 2.62. The van der Waals surface area contributed by atoms with Crippen molar-refractivity contribution in [1.29, 1.82) is 0 Å². The fourth-order valence-corrected chi connectivity index (χ4v) is 2.62. The number of benzene rings is 1. The van der Waals surface area contributed by atoms with Crippen LogP contribution in [0.2, 0.25) is 0 Å². The van der Waals surface area contributed by atoms with Gasteiger partial charge in [0.1, 0.15) is 12.4 Å². The van der Waals surface area contributed by atoms with Crippen molar-refractivity contribution in [3.8, 4) is 0 Å². The number of furan rings is 1. The Hall–Kier alpha value is -1.62. The molecule has 0 aliphatic heterocycles. The lowest BCUT2D eigenvalue weighted by Crippen LogP contribution is -2.35. The molecule has 1 atom stereocenters. The minimum absolute atomic E-state index is 0.314. The lowest BCUT2D eigenvalue weighted by molar-refractivity contribution is 0.00384. The van der Waals surface area contributed by atoms with E-state index in [0.29, 0.717) is 19.8 Å². The van der Waals surface area contributed by atoms with Gasteiger partial charge in [0.15, 0.2) is 0 Å². The average Bonchev–Trinajstić information content (AvgIpc) is 3.03. The van der Waals surface area contributed by atoms with E-state index in [1.165, 1.54) is 11.1 Å². The standard InChI is InChI=1S/C19H27NO3/c1-3-10-20(12-17-8-5-4-7-16(17)2)13-18(21)14-22-15-19-9-6-11-23-19/h4-9,11,18,21H,3,10,12-15H2,1-2H3/t18-/m1/s1. The van der Waals surface area contributed by atoms with E-state index in [4.69, 9.17) is 9.15 Å². The molecule has 0 aliphatic carbocycles. The molecular formula is C19H27NO3. The third-order valence-electron chi connectivity index (χ3n) is 3.80. The normalized spacial score (nSPS) is 12.7. The number of nitrogens with zero attached hydrogens (tertiary/aromatic N) is 1. The molecule has 0 aliphatic rings. The number of aliphatic hydroxyl groups excluding tert-OH is 1. The van der Waals surface area contributed by atoms with Crippen LogP contribution in [0.15, 0.2) is 47.1 Å². The summed E-state index contributed by atoms with van der Waals surface area (Å²) in [5.41, 5.74) is 2.60. The summed E-state index contributed by atoms with van der Waals surface area (Å²) in [6, 6.07) is 12.1. The molecule has 4 heteroatoms. The molecule has 1 aromatic heterocycles. The molecule has 23 heavy (non-hydrogen) atoms. The van der Waals surface area contributed by atoms with E-state index in [9.17, 15) is 5.11 Å². The predicted octanol–water partition coefficient (Wildman–Crippen LogP) is 3.38. The van der Waals surface area contributed by atoms with Crippen molar-refractivity contribution in [2.24, 2.45) is 0 Å². The van der Waals surface area contributed by atoms with Crippen LogP contribution in [-0.2, 0) is 17.9 Å². The van der Waals surface area contributed by atoms with E-state index < -0.39 is 6.10 Å². The summed E-state index contributed by atoms with van der Waals surface area (Å²) in [6.45, 7) is 7.43. The highest BCUT2D eigenvalue weighted by Gasteiger charge is 2.13. The maximum atomic E-state index is 10.2. The van der Waals surface area contributed by atoms with E-state index in [1.54, 1.807) is 6.26 Å². The summed E-state index contributed by atoms with van der Waals surface area (Å²) >= 11 is 0. The first-order valence-corrected chi connectivity index (χ1v) is 8.24. The van der Waals surface area contributed by atoms with E-state index in [1.807, 2.05) is 12.1 Å². The molecule has 0 amide bonds. The van der Waals surface area contributed by atoms with Crippen molar-refractivity contribution in [1.82, 2.24) is 4.90 Å². The molecule has 0 spiro atoms. The Labute approximate surface area is 138 Å². The van der Waals surface area contributed by atoms with Crippen molar-refractivity contribution < 1.29 is 14.3 Å². The summed E-state index contributed by atoms with van der Waals surface area (Å²) in [5.74, 6) is 0.780. The average molecular weight is 317 g/mol. The molecular weight excluding hydrogens is 290 g/mol. The summed E-state index contributed by atoms with van der Waals surface area (Å²) in [4.78, 5) is 2.28. The first-order valence-electron chi connectivity index (χ1n) is 8.24. The van der Waals surface area contributed by atoms with Gasteiger partial charge in [-0.25, -0.2) is 0 Å². The zero-order valence-corrected chi connectivity index (χ0v) is 14.1. The van der Waals surface area contributed by atoms with Crippen molar-refractivity contribution in [2.75, 3.05) is 19.7 Å². The second kappa shape index (κ2) is 9.50. The highest BCUT2D eigenvalue weighted by Crippen LogP contribution is 2.11. The van der Waals surface area contributed by atoms with Gasteiger partial charge in [-0.3, -0.25) is 4.90 Å². The van der Waals surface area contributed by atoms with Gasteiger partial charge in [-0.2, -0.15) is 0 Å². The van der Waals surface area contributed by atoms with E-state index in [-0.39, 0.29) is 0 Å². The number of aliphatic hydroxyl groups is 1. The Morgan fingerprint density at radius 2 is 2.04 bits per heavy atom. The van der Waals surface area contributed by atoms with Crippen LogP contribution in [0.4, 0.5) is 0 Å². The lowest BCUT2D eigenvalue weighted by atomic mass is 10.1. The van der Waals surface area contributed by atoms with Crippen LogP contribution in [0.5, 0.6) is 0 Å². The number of ether oxygens (including phenoxy) is 1. The van der Waals surface area contributed by atoms with Gasteiger partial charge in [-0.1, -0.05) is 31.2 Å². The molecule has 1 N–H and O–H groups in total. The van der Waals surface area contributed by atoms with Crippen LogP contribution < -0.4 is 0 Å². The topological polar surface area (TPSA) is 45.8 Å². The number of hydrogen-bond acceptors (Lipinski definition) is 4. The van der Waals surface area contributed by atoms with Crippen molar-refractivity contribution in [3.05, 3.63) is 59.5 Å². The molecule has 2 aromatic rings. The number of hydrogen-bond donors (Lipinski definition) is 1. The molecule has 0 bridgehead atoms. The van der Waals surface area contributed by atoms with Crippen LogP contribution in [0.25, 0.3) is 0 Å². The maximum Gasteiger partial charge on any atom is 0.129 e. The molecule has 126 valence electrons. The Morgan fingerprint density at radius 1 is 1.22 bits per heavy atom. The quantitative estimate of drug-likeness (QED) is 0.730. The molecule has 2 rings (SSSR count). The number of rotatable bonds is 10. The third-order valence-corrected chi connectivity index (χ3v) is 3.80. The Morgan fingerprint density at radius 3 is 2.74 bits per heavy atom. The Balaban J connectivity index is 1.79. The van der Waals surface area contributed by atoms with Crippen LogP contribution >= 0.6 is 0 Å². The van der Waals surface area contributed by atoms with Crippen molar-refractivity contribution in [3.63, 3.8) is 0 Å².